The van der Waals surface area contributed by atoms with E-state index in [9.17, 15) is 33.6 Å². The number of cyclic esters (lactones) is 2. The molecule has 6 atom stereocenters. The normalized spacial score (nSPS) is 26.0. The Balaban J connectivity index is 0.000000208. The number of Topliss-reactive ketones (excluding diaryl/α,β-unsaturated/α-hetero) is 1. The summed E-state index contributed by atoms with van der Waals surface area (Å²) in [7, 11) is 0. The molecule has 56 heavy (non-hydrogen) atoms. The zero-order valence-electron chi connectivity index (χ0n) is 30.7. The first-order valence-electron chi connectivity index (χ1n) is 17.4. The summed E-state index contributed by atoms with van der Waals surface area (Å²) in [5, 5.41) is 0. The van der Waals surface area contributed by atoms with Crippen molar-refractivity contribution in [2.45, 2.75) is 91.8 Å². The zero-order valence-corrected chi connectivity index (χ0v) is 32.9. The van der Waals surface area contributed by atoms with Gasteiger partial charge in [0.15, 0.2) is 5.78 Å². The molecule has 6 unspecified atom stereocenters. The number of nitrogens with zero attached hydrogens (tertiary/aromatic N) is 1. The van der Waals surface area contributed by atoms with Gasteiger partial charge < -0.3 is 47.7 Å². The summed E-state index contributed by atoms with van der Waals surface area (Å²) in [6.45, 7) is 7.08. The molecule has 2 aromatic carbocycles. The van der Waals surface area contributed by atoms with Gasteiger partial charge in [0.1, 0.15) is 0 Å². The molecule has 0 spiro atoms. The highest BCUT2D eigenvalue weighted by molar-refractivity contribution is 6.08. The Morgan fingerprint density at radius 3 is 1.64 bits per heavy atom. The van der Waals surface area contributed by atoms with Crippen molar-refractivity contribution in [3.63, 3.8) is 0 Å². The van der Waals surface area contributed by atoms with Crippen LogP contribution in [-0.4, -0.2) is 65.0 Å². The average molecular weight is 881 g/mol. The van der Waals surface area contributed by atoms with Crippen LogP contribution in [0.15, 0.2) is 95.5 Å². The number of benzene rings is 2. The van der Waals surface area contributed by atoms with Crippen LogP contribution in [0, 0.1) is 5.92 Å². The molecule has 1 saturated heterocycles. The molecule has 0 bridgehead atoms. The Morgan fingerprint density at radius 2 is 1.18 bits per heavy atom. The third kappa shape index (κ3) is 9.01. The van der Waals surface area contributed by atoms with E-state index in [1.54, 1.807) is 26.0 Å². The molecule has 8 rings (SSSR count). The first kappa shape index (κ1) is 43.3. The van der Waals surface area contributed by atoms with Crippen molar-refractivity contribution in [3.8, 4) is 0 Å². The molecule has 2 aromatic rings. The van der Waals surface area contributed by atoms with Crippen molar-refractivity contribution in [3.05, 3.63) is 118 Å². The van der Waals surface area contributed by atoms with E-state index < -0.39 is 30.5 Å². The van der Waals surface area contributed by atoms with E-state index in [-0.39, 0.29) is 72.8 Å². The Labute approximate surface area is 341 Å². The van der Waals surface area contributed by atoms with E-state index >= 15 is 0 Å². The summed E-state index contributed by atoms with van der Waals surface area (Å²) in [5.41, 5.74) is 6.82. The fourth-order valence-electron chi connectivity index (χ4n) is 7.70. The lowest BCUT2D eigenvalue weighted by Gasteiger charge is -2.19. The fraction of sp³-hybridized carbons (Fsp3) is 0.357. The van der Waals surface area contributed by atoms with E-state index in [2.05, 4.69) is 16.9 Å². The highest BCUT2D eigenvalue weighted by Gasteiger charge is 2.51. The van der Waals surface area contributed by atoms with Crippen LogP contribution >= 0.6 is 0 Å². The van der Waals surface area contributed by atoms with Gasteiger partial charge >= 0.3 is 23.9 Å². The molecule has 3 aliphatic carbocycles. The molecule has 0 radical (unpaired) electrons. The van der Waals surface area contributed by atoms with Crippen LogP contribution in [0.25, 0.3) is 0 Å². The number of likely N-dealkylation sites (tertiary alicyclic amines) is 1. The quantitative estimate of drug-likeness (QED) is 0.110. The van der Waals surface area contributed by atoms with E-state index in [0.717, 1.165) is 17.5 Å². The molecule has 1 saturated carbocycles. The van der Waals surface area contributed by atoms with Gasteiger partial charge in [-0.3, -0.25) is 28.9 Å². The number of hydrogen-bond acceptors (Lipinski definition) is 12. The highest BCUT2D eigenvalue weighted by atomic mass is 127. The van der Waals surface area contributed by atoms with Crippen LogP contribution in [-0.2, 0) is 70.1 Å². The van der Waals surface area contributed by atoms with Crippen molar-refractivity contribution in [2.24, 2.45) is 5.92 Å². The summed E-state index contributed by atoms with van der Waals surface area (Å²) in [4.78, 5) is 80.7. The molecular formula is C42H43INO12-. The lowest BCUT2D eigenvalue weighted by molar-refractivity contribution is -0.157. The molecule has 2 fully saturated rings. The number of halogens is 1. The number of esters is 4. The summed E-state index contributed by atoms with van der Waals surface area (Å²) in [6.07, 6.45) is 6.62. The smallest absolute Gasteiger partial charge is 0.336 e. The van der Waals surface area contributed by atoms with Gasteiger partial charge in [-0.25, -0.2) is 9.59 Å². The van der Waals surface area contributed by atoms with Gasteiger partial charge in [0.25, 0.3) is 18.5 Å². The Bertz CT molecular complexity index is 2070. The molecule has 0 aromatic heterocycles. The average Bonchev–Trinajstić information content (AvgIpc) is 3.92. The number of ketones is 1. The standard InChI is InChI=1S/C19H17NO5.C18H16O4.C4H6O3.CH4.HI/c1-10-7-16(25-19(10)23)24-9-14-17-13-6-4-3-5-12(13)8-15(17)20(11(2)21)18(14)22;1-10-6-16(22-18(10)20)21-9-14-15(19)8-12-7-11-4-2-3-5-13(11)17(12)14;1-3(5)7-4(2)6;;/h3-7,9,15-17H,8H2,1-2H3;2-6,9,12,16-17H,7-8H2,1H3;1-2H3;1H4;1H/p-1/b14-9+;14-9-;;;. The van der Waals surface area contributed by atoms with Crippen LogP contribution < -0.4 is 24.0 Å². The van der Waals surface area contributed by atoms with Gasteiger partial charge in [-0.15, -0.1) is 0 Å². The molecule has 3 heterocycles. The van der Waals surface area contributed by atoms with Gasteiger partial charge in [0.2, 0.25) is 5.91 Å². The van der Waals surface area contributed by atoms with Gasteiger partial charge in [0, 0.05) is 67.9 Å². The molecule has 14 heteroatoms. The maximum Gasteiger partial charge on any atom is 0.336 e. The molecule has 3 aliphatic heterocycles. The number of amides is 2. The van der Waals surface area contributed by atoms with E-state index in [1.165, 1.54) is 49.3 Å². The molecule has 2 amide bonds. The van der Waals surface area contributed by atoms with Crippen molar-refractivity contribution < 1.29 is 81.2 Å². The lowest BCUT2D eigenvalue weighted by Crippen LogP contribution is -3.00. The van der Waals surface area contributed by atoms with Crippen LogP contribution in [0.5, 0.6) is 0 Å². The van der Waals surface area contributed by atoms with E-state index in [4.69, 9.17) is 18.9 Å². The van der Waals surface area contributed by atoms with Crippen molar-refractivity contribution in [1.29, 1.82) is 0 Å². The molecule has 296 valence electrons. The van der Waals surface area contributed by atoms with Gasteiger partial charge in [-0.2, -0.15) is 0 Å². The Morgan fingerprint density at radius 1 is 0.696 bits per heavy atom. The Kier molecular flexibility index (Phi) is 14.0. The zero-order chi connectivity index (χ0) is 38.8. The molecular weight excluding hydrogens is 837 g/mol. The summed E-state index contributed by atoms with van der Waals surface area (Å²) >= 11 is 0. The second kappa shape index (κ2) is 18.0. The minimum atomic E-state index is -0.839. The number of carbonyl (C=O) groups excluding carboxylic acids is 7. The van der Waals surface area contributed by atoms with E-state index in [0.29, 0.717) is 41.1 Å². The summed E-state index contributed by atoms with van der Waals surface area (Å²) in [5.74, 6) is -2.18. The number of rotatable bonds is 4. The number of fused-ring (bicyclic) bond motifs is 6. The minimum absolute atomic E-state index is 0. The van der Waals surface area contributed by atoms with Gasteiger partial charge in [-0.05, 0) is 54.9 Å². The molecule has 0 N–H and O–H groups in total. The van der Waals surface area contributed by atoms with Crippen molar-refractivity contribution in [2.75, 3.05) is 0 Å². The van der Waals surface area contributed by atoms with E-state index in [1.807, 2.05) is 36.4 Å². The van der Waals surface area contributed by atoms with Crippen LogP contribution in [0.3, 0.4) is 0 Å². The number of allylic oxidation sites excluding steroid dienone is 1. The predicted molar refractivity (Wildman–Crippen MR) is 195 cm³/mol. The number of carbonyl (C=O) groups is 7. The van der Waals surface area contributed by atoms with Crippen LogP contribution in [0.2, 0.25) is 0 Å². The largest absolute Gasteiger partial charge is 1.00 e. The predicted octanol–water partition coefficient (Wildman–Crippen LogP) is 2.19. The highest BCUT2D eigenvalue weighted by Crippen LogP contribution is 2.50. The number of ether oxygens (including phenoxy) is 5. The van der Waals surface area contributed by atoms with Crippen LogP contribution in [0.1, 0.15) is 82.6 Å². The monoisotopic (exact) mass is 880 g/mol. The fourth-order valence-corrected chi connectivity index (χ4v) is 7.70. The second-order valence-electron chi connectivity index (χ2n) is 13.7. The summed E-state index contributed by atoms with van der Waals surface area (Å²) in [6, 6.07) is 15.9. The SMILES string of the molecule is C.CC(=O)N1C(=O)/C(=C/OC2C=C(C)C(=O)O2)C2c3ccccc3CC21.CC(=O)OC(C)=O.CC1=CC(O/C=C2/C(=O)CC3Cc4ccccc4C23)OC1=O.[I-]. The molecule has 6 aliphatic rings. The number of imide groups is 1. The maximum absolute atomic E-state index is 12.7. The summed E-state index contributed by atoms with van der Waals surface area (Å²) < 4.78 is 25.1. The first-order valence-corrected chi connectivity index (χ1v) is 17.4. The third-order valence-corrected chi connectivity index (χ3v) is 9.93. The maximum atomic E-state index is 12.7. The van der Waals surface area contributed by atoms with Gasteiger partial charge in [0.05, 0.1) is 24.1 Å². The first-order chi connectivity index (χ1) is 25.7. The van der Waals surface area contributed by atoms with Crippen molar-refractivity contribution in [1.82, 2.24) is 4.90 Å². The third-order valence-electron chi connectivity index (χ3n) is 9.93. The number of hydrogen-bond donors (Lipinski definition) is 0. The molecule has 13 nitrogen and oxygen atoms in total. The lowest BCUT2D eigenvalue weighted by atomic mass is 9.93. The topological polar surface area (TPSA) is 169 Å². The second-order valence-corrected chi connectivity index (χ2v) is 13.7. The minimum Gasteiger partial charge on any atom is -1.00 e. The Hall–Kier alpha value is -5.38. The van der Waals surface area contributed by atoms with Crippen LogP contribution in [0.4, 0.5) is 0 Å². The van der Waals surface area contributed by atoms with Crippen molar-refractivity contribution >= 4 is 41.5 Å². The van der Waals surface area contributed by atoms with Gasteiger partial charge in [-0.1, -0.05) is 56.0 Å².